The zero-order valence-electron chi connectivity index (χ0n) is 16.9. The summed E-state index contributed by atoms with van der Waals surface area (Å²) in [5.74, 6) is 0.756. The Morgan fingerprint density at radius 1 is 1.13 bits per heavy atom. The van der Waals surface area contributed by atoms with E-state index in [9.17, 15) is 5.11 Å². The van der Waals surface area contributed by atoms with Crippen molar-refractivity contribution in [2.24, 2.45) is 0 Å². The Hall–Kier alpha value is -4.20. The van der Waals surface area contributed by atoms with Crippen molar-refractivity contribution in [3.8, 4) is 12.1 Å². The summed E-state index contributed by atoms with van der Waals surface area (Å²) in [5, 5.41) is 33.2. The highest BCUT2D eigenvalue weighted by molar-refractivity contribution is 5.69. The number of nitriles is 2. The highest BCUT2D eigenvalue weighted by Crippen LogP contribution is 2.26. The number of hydrogen-bond acceptors (Lipinski definition) is 7. The summed E-state index contributed by atoms with van der Waals surface area (Å²) >= 11 is 0. The van der Waals surface area contributed by atoms with E-state index in [1.807, 2.05) is 38.1 Å². The zero-order valence-corrected chi connectivity index (χ0v) is 16.9. The van der Waals surface area contributed by atoms with Gasteiger partial charge in [0.1, 0.15) is 5.82 Å². The van der Waals surface area contributed by atoms with Crippen LogP contribution in [0.5, 0.6) is 0 Å². The molecule has 0 unspecified atom stereocenters. The minimum atomic E-state index is -0.255. The van der Waals surface area contributed by atoms with Gasteiger partial charge in [-0.15, -0.1) is 0 Å². The van der Waals surface area contributed by atoms with E-state index in [2.05, 4.69) is 33.8 Å². The molecule has 0 fully saturated rings. The Kier molecular flexibility index (Phi) is 7.64. The van der Waals surface area contributed by atoms with E-state index in [1.54, 1.807) is 18.2 Å². The SMILES string of the molecule is C=C(C#N)/C=C\C(=C)Nc1nc(CO)cc(Nc2c(C)cc(/C=C/C#N)cc2C)n1. The van der Waals surface area contributed by atoms with Crippen LogP contribution in [0.1, 0.15) is 22.4 Å². The lowest BCUT2D eigenvalue weighted by molar-refractivity contribution is 0.277. The number of hydrogen-bond donors (Lipinski definition) is 3. The van der Waals surface area contributed by atoms with Crippen molar-refractivity contribution in [3.63, 3.8) is 0 Å². The molecule has 0 atom stereocenters. The first-order chi connectivity index (χ1) is 14.4. The number of rotatable bonds is 8. The Morgan fingerprint density at radius 2 is 1.83 bits per heavy atom. The summed E-state index contributed by atoms with van der Waals surface area (Å²) in [6.45, 7) is 11.1. The number of aromatic nitrogens is 2. The first-order valence-corrected chi connectivity index (χ1v) is 9.02. The molecule has 2 rings (SSSR count). The number of allylic oxidation sites excluding steroid dienone is 4. The van der Waals surface area contributed by atoms with Gasteiger partial charge in [-0.1, -0.05) is 13.2 Å². The van der Waals surface area contributed by atoms with E-state index in [4.69, 9.17) is 10.5 Å². The number of aliphatic hydroxyl groups excluding tert-OH is 1. The van der Waals surface area contributed by atoms with Gasteiger partial charge in [0.2, 0.25) is 5.95 Å². The van der Waals surface area contributed by atoms with Crippen LogP contribution in [0.2, 0.25) is 0 Å². The molecule has 30 heavy (non-hydrogen) atoms. The average Bonchev–Trinajstić information content (AvgIpc) is 2.72. The summed E-state index contributed by atoms with van der Waals surface area (Å²) in [7, 11) is 0. The van der Waals surface area contributed by atoms with Gasteiger partial charge >= 0.3 is 0 Å². The quantitative estimate of drug-likeness (QED) is 0.445. The Bertz CT molecular complexity index is 1090. The maximum absolute atomic E-state index is 9.56. The molecule has 3 N–H and O–H groups in total. The molecule has 150 valence electrons. The van der Waals surface area contributed by atoms with Gasteiger partial charge in [0, 0.05) is 29.1 Å². The Morgan fingerprint density at radius 3 is 2.43 bits per heavy atom. The number of nitrogens with zero attached hydrogens (tertiary/aromatic N) is 4. The molecule has 0 bridgehead atoms. The summed E-state index contributed by atoms with van der Waals surface area (Å²) in [5.41, 5.74) is 4.96. The standard InChI is InChI=1S/C23H22N6O/c1-15(13-25)7-8-18(4)26-23-27-20(14-30)12-21(29-23)28-22-16(2)10-19(6-5-9-24)11-17(22)3/h5-8,10-12,30H,1,4,14H2,2-3H3,(H2,26,27,28,29)/b6-5+,8-7-. The van der Waals surface area contributed by atoms with Gasteiger partial charge in [-0.3, -0.25) is 0 Å². The number of benzene rings is 1. The first-order valence-electron chi connectivity index (χ1n) is 9.02. The Labute approximate surface area is 176 Å². The monoisotopic (exact) mass is 398 g/mol. The predicted octanol–water partition coefficient (Wildman–Crippen LogP) is 4.43. The van der Waals surface area contributed by atoms with Crippen molar-refractivity contribution in [2.45, 2.75) is 20.5 Å². The fourth-order valence-corrected chi connectivity index (χ4v) is 2.67. The molecule has 1 aromatic heterocycles. The third-order valence-corrected chi connectivity index (χ3v) is 4.00. The molecular formula is C23H22N6O. The van der Waals surface area contributed by atoms with Crippen LogP contribution in [0.15, 0.2) is 60.9 Å². The molecule has 7 heteroatoms. The van der Waals surface area contributed by atoms with E-state index in [1.165, 1.54) is 12.2 Å². The van der Waals surface area contributed by atoms with Crippen molar-refractivity contribution < 1.29 is 5.11 Å². The van der Waals surface area contributed by atoms with Crippen LogP contribution in [0.25, 0.3) is 6.08 Å². The van der Waals surface area contributed by atoms with Gasteiger partial charge in [0.15, 0.2) is 0 Å². The van der Waals surface area contributed by atoms with E-state index in [-0.39, 0.29) is 12.6 Å². The van der Waals surface area contributed by atoms with Gasteiger partial charge in [-0.05, 0) is 60.9 Å². The molecule has 0 aliphatic carbocycles. The van der Waals surface area contributed by atoms with Gasteiger partial charge in [-0.25, -0.2) is 4.98 Å². The number of anilines is 3. The second-order valence-electron chi connectivity index (χ2n) is 6.46. The Balaban J connectivity index is 2.30. The lowest BCUT2D eigenvalue weighted by atomic mass is 10.0. The lowest BCUT2D eigenvalue weighted by Gasteiger charge is -2.15. The number of aryl methyl sites for hydroxylation is 2. The molecule has 0 radical (unpaired) electrons. The van der Waals surface area contributed by atoms with Crippen molar-refractivity contribution in [1.82, 2.24) is 9.97 Å². The van der Waals surface area contributed by atoms with Crippen LogP contribution in [0, 0.1) is 36.5 Å². The predicted molar refractivity (Wildman–Crippen MR) is 118 cm³/mol. The molecule has 2 aromatic rings. The summed E-state index contributed by atoms with van der Waals surface area (Å²) in [6, 6.07) is 9.49. The first kappa shape index (κ1) is 22.1. The van der Waals surface area contributed by atoms with Crippen molar-refractivity contribution in [2.75, 3.05) is 10.6 Å². The summed E-state index contributed by atoms with van der Waals surface area (Å²) in [4.78, 5) is 8.67. The van der Waals surface area contributed by atoms with E-state index < -0.39 is 0 Å². The largest absolute Gasteiger partial charge is 0.390 e. The van der Waals surface area contributed by atoms with Gasteiger partial charge in [0.05, 0.1) is 24.4 Å². The number of aliphatic hydroxyl groups is 1. The summed E-state index contributed by atoms with van der Waals surface area (Å²) < 4.78 is 0. The molecule has 0 aliphatic heterocycles. The second kappa shape index (κ2) is 10.4. The minimum Gasteiger partial charge on any atom is -0.390 e. The highest BCUT2D eigenvalue weighted by Gasteiger charge is 2.09. The number of nitrogens with one attached hydrogen (secondary N) is 2. The fraction of sp³-hybridized carbons (Fsp3) is 0.130. The molecule has 0 saturated heterocycles. The third kappa shape index (κ3) is 6.16. The van der Waals surface area contributed by atoms with Crippen LogP contribution in [0.3, 0.4) is 0 Å². The molecule has 0 saturated carbocycles. The third-order valence-electron chi connectivity index (χ3n) is 4.00. The second-order valence-corrected chi connectivity index (χ2v) is 6.46. The smallest absolute Gasteiger partial charge is 0.229 e. The normalized spacial score (nSPS) is 10.6. The topological polar surface area (TPSA) is 118 Å². The molecule has 0 amide bonds. The maximum Gasteiger partial charge on any atom is 0.229 e. The van der Waals surface area contributed by atoms with Crippen LogP contribution >= 0.6 is 0 Å². The molecule has 1 aromatic carbocycles. The molecule has 0 aliphatic rings. The van der Waals surface area contributed by atoms with Crippen LogP contribution in [0.4, 0.5) is 17.5 Å². The van der Waals surface area contributed by atoms with Crippen LogP contribution in [-0.4, -0.2) is 15.1 Å². The zero-order chi connectivity index (χ0) is 22.1. The van der Waals surface area contributed by atoms with Crippen molar-refractivity contribution >= 4 is 23.5 Å². The van der Waals surface area contributed by atoms with E-state index >= 15 is 0 Å². The maximum atomic E-state index is 9.56. The lowest BCUT2D eigenvalue weighted by Crippen LogP contribution is -2.07. The minimum absolute atomic E-state index is 0.255. The molecule has 7 nitrogen and oxygen atoms in total. The fourth-order valence-electron chi connectivity index (χ4n) is 2.67. The van der Waals surface area contributed by atoms with Crippen LogP contribution < -0.4 is 10.6 Å². The van der Waals surface area contributed by atoms with Gasteiger partial charge in [0.25, 0.3) is 0 Å². The average molecular weight is 398 g/mol. The van der Waals surface area contributed by atoms with Gasteiger partial charge < -0.3 is 15.7 Å². The van der Waals surface area contributed by atoms with Crippen molar-refractivity contribution in [3.05, 3.63) is 83.2 Å². The molecule has 1 heterocycles. The van der Waals surface area contributed by atoms with Crippen LogP contribution in [-0.2, 0) is 6.61 Å². The molecule has 0 spiro atoms. The molecular weight excluding hydrogens is 376 g/mol. The van der Waals surface area contributed by atoms with E-state index in [0.717, 1.165) is 22.4 Å². The highest BCUT2D eigenvalue weighted by atomic mass is 16.3. The van der Waals surface area contributed by atoms with Crippen molar-refractivity contribution in [1.29, 1.82) is 10.5 Å². The summed E-state index contributed by atoms with van der Waals surface area (Å²) in [6.07, 6.45) is 6.31. The van der Waals surface area contributed by atoms with Gasteiger partial charge in [-0.2, -0.15) is 15.5 Å². The van der Waals surface area contributed by atoms with E-state index in [0.29, 0.717) is 22.8 Å².